The van der Waals surface area contributed by atoms with Gasteiger partial charge in [-0.05, 0) is 68.7 Å². The summed E-state index contributed by atoms with van der Waals surface area (Å²) in [4.78, 5) is 2.88. The molecule has 2 nitrogen and oxygen atoms in total. The summed E-state index contributed by atoms with van der Waals surface area (Å²) in [7, 11) is 0. The molecule has 1 aliphatic heterocycles. The van der Waals surface area contributed by atoms with Crippen LogP contribution in [0, 0.1) is 23.7 Å². The van der Waals surface area contributed by atoms with Crippen LogP contribution in [0.25, 0.3) is 0 Å². The molecule has 0 radical (unpaired) electrons. The summed E-state index contributed by atoms with van der Waals surface area (Å²) < 4.78 is 0. The van der Waals surface area contributed by atoms with Crippen LogP contribution in [0.1, 0.15) is 78.6 Å². The van der Waals surface area contributed by atoms with E-state index in [-0.39, 0.29) is 0 Å². The van der Waals surface area contributed by atoms with E-state index in [2.05, 4.69) is 31.0 Å². The Morgan fingerprint density at radius 3 is 2.30 bits per heavy atom. The molecule has 3 rings (SSSR count). The molecular formula is C21H40N2. The van der Waals surface area contributed by atoms with Gasteiger partial charge in [0.15, 0.2) is 0 Å². The largest absolute Gasteiger partial charge is 0.312 e. The van der Waals surface area contributed by atoms with Gasteiger partial charge in [0.1, 0.15) is 0 Å². The Hall–Kier alpha value is -0.0800. The highest BCUT2D eigenvalue weighted by molar-refractivity contribution is 4.93. The van der Waals surface area contributed by atoms with Crippen molar-refractivity contribution in [3.8, 4) is 0 Å². The lowest BCUT2D eigenvalue weighted by atomic mass is 9.83. The lowest BCUT2D eigenvalue weighted by Crippen LogP contribution is -2.54. The summed E-state index contributed by atoms with van der Waals surface area (Å²) in [5, 5.41) is 4.00. The van der Waals surface area contributed by atoms with Crippen LogP contribution < -0.4 is 5.32 Å². The third-order valence-electron chi connectivity index (χ3n) is 6.93. The van der Waals surface area contributed by atoms with Crippen LogP contribution in [0.5, 0.6) is 0 Å². The number of likely N-dealkylation sites (tertiary alicyclic amines) is 1. The monoisotopic (exact) mass is 320 g/mol. The minimum absolute atomic E-state index is 0.742. The normalized spacial score (nSPS) is 32.3. The predicted octanol–water partition coefficient (Wildman–Crippen LogP) is 4.69. The van der Waals surface area contributed by atoms with Gasteiger partial charge in [0.05, 0.1) is 0 Å². The van der Waals surface area contributed by atoms with E-state index in [1.807, 2.05) is 0 Å². The molecule has 0 aromatic rings. The van der Waals surface area contributed by atoms with E-state index in [1.54, 1.807) is 0 Å². The van der Waals surface area contributed by atoms with E-state index in [0.29, 0.717) is 0 Å². The lowest BCUT2D eigenvalue weighted by molar-refractivity contribution is 0.0653. The number of hydrogen-bond acceptors (Lipinski definition) is 2. The van der Waals surface area contributed by atoms with E-state index in [9.17, 15) is 0 Å². The number of nitrogens with one attached hydrogen (secondary N) is 1. The molecule has 0 aromatic heterocycles. The molecule has 0 amide bonds. The zero-order chi connectivity index (χ0) is 16.2. The first-order valence-electron chi connectivity index (χ1n) is 10.6. The van der Waals surface area contributed by atoms with E-state index in [1.165, 1.54) is 77.4 Å². The third-order valence-corrected chi connectivity index (χ3v) is 6.93. The van der Waals surface area contributed by atoms with Gasteiger partial charge in [-0.2, -0.15) is 0 Å². The Morgan fingerprint density at radius 2 is 1.70 bits per heavy atom. The Kier molecular flexibility index (Phi) is 6.43. The predicted molar refractivity (Wildman–Crippen MR) is 99.7 cm³/mol. The second-order valence-corrected chi connectivity index (χ2v) is 9.12. The van der Waals surface area contributed by atoms with Gasteiger partial charge >= 0.3 is 0 Å². The standard InChI is InChI=1S/C21H40N2/c1-4-21(18-10-11-18)23-14-19(16(2)3)12-20(15-23)22-13-17-8-6-5-7-9-17/h16-22H,4-15H2,1-3H3. The van der Waals surface area contributed by atoms with Crippen molar-refractivity contribution >= 4 is 0 Å². The molecule has 1 saturated heterocycles. The second-order valence-electron chi connectivity index (χ2n) is 9.12. The van der Waals surface area contributed by atoms with Crippen LogP contribution in [-0.2, 0) is 0 Å². The molecule has 3 atom stereocenters. The zero-order valence-corrected chi connectivity index (χ0v) is 15.9. The molecule has 3 fully saturated rings. The molecule has 0 aromatic carbocycles. The molecular weight excluding hydrogens is 280 g/mol. The molecule has 3 aliphatic rings. The fourth-order valence-electron chi connectivity index (χ4n) is 5.17. The topological polar surface area (TPSA) is 15.3 Å². The van der Waals surface area contributed by atoms with Crippen molar-refractivity contribution in [2.24, 2.45) is 23.7 Å². The van der Waals surface area contributed by atoms with Gasteiger partial charge in [-0.1, -0.05) is 40.0 Å². The van der Waals surface area contributed by atoms with Crippen LogP contribution in [0.15, 0.2) is 0 Å². The van der Waals surface area contributed by atoms with Gasteiger partial charge in [0, 0.05) is 25.2 Å². The number of rotatable bonds is 7. The molecule has 0 spiro atoms. The van der Waals surface area contributed by atoms with E-state index < -0.39 is 0 Å². The van der Waals surface area contributed by atoms with Crippen molar-refractivity contribution < 1.29 is 0 Å². The van der Waals surface area contributed by atoms with Gasteiger partial charge < -0.3 is 5.32 Å². The molecule has 1 N–H and O–H groups in total. The zero-order valence-electron chi connectivity index (χ0n) is 15.9. The Balaban J connectivity index is 1.54. The second kappa shape index (κ2) is 8.34. The molecule has 3 unspecified atom stereocenters. The molecule has 2 saturated carbocycles. The fraction of sp³-hybridized carbons (Fsp3) is 1.00. The van der Waals surface area contributed by atoms with Gasteiger partial charge in [0.2, 0.25) is 0 Å². The summed E-state index contributed by atoms with van der Waals surface area (Å²) >= 11 is 0. The highest BCUT2D eigenvalue weighted by atomic mass is 15.2. The van der Waals surface area contributed by atoms with Crippen LogP contribution in [0.2, 0.25) is 0 Å². The lowest BCUT2D eigenvalue weighted by Gasteiger charge is -2.44. The smallest absolute Gasteiger partial charge is 0.0198 e. The van der Waals surface area contributed by atoms with Crippen molar-refractivity contribution in [2.75, 3.05) is 19.6 Å². The Labute approximate surface area is 144 Å². The first kappa shape index (κ1) is 17.7. The maximum atomic E-state index is 4.00. The molecule has 23 heavy (non-hydrogen) atoms. The van der Waals surface area contributed by atoms with E-state index in [0.717, 1.165) is 35.8 Å². The quantitative estimate of drug-likeness (QED) is 0.732. The van der Waals surface area contributed by atoms with Gasteiger partial charge in [0.25, 0.3) is 0 Å². The highest BCUT2D eigenvalue weighted by Gasteiger charge is 2.38. The minimum atomic E-state index is 0.742. The summed E-state index contributed by atoms with van der Waals surface area (Å²) in [6.45, 7) is 11.2. The van der Waals surface area contributed by atoms with Crippen LogP contribution >= 0.6 is 0 Å². The van der Waals surface area contributed by atoms with Crippen molar-refractivity contribution in [3.05, 3.63) is 0 Å². The minimum Gasteiger partial charge on any atom is -0.312 e. The van der Waals surface area contributed by atoms with Crippen molar-refractivity contribution in [3.63, 3.8) is 0 Å². The molecule has 0 bridgehead atoms. The van der Waals surface area contributed by atoms with E-state index >= 15 is 0 Å². The molecule has 2 heteroatoms. The fourth-order valence-corrected chi connectivity index (χ4v) is 5.17. The summed E-state index contributed by atoms with van der Waals surface area (Å²) in [5.74, 6) is 3.70. The van der Waals surface area contributed by atoms with Gasteiger partial charge in [-0.3, -0.25) is 4.90 Å². The number of nitrogens with zero attached hydrogens (tertiary/aromatic N) is 1. The van der Waals surface area contributed by atoms with Gasteiger partial charge in [-0.15, -0.1) is 0 Å². The van der Waals surface area contributed by atoms with Crippen molar-refractivity contribution in [2.45, 2.75) is 90.6 Å². The number of piperidine rings is 1. The first-order valence-corrected chi connectivity index (χ1v) is 10.6. The SMILES string of the molecule is CCC(C1CC1)N1CC(NCC2CCCCC2)CC(C(C)C)C1. The van der Waals surface area contributed by atoms with Crippen LogP contribution in [-0.4, -0.2) is 36.6 Å². The average Bonchev–Trinajstić information content (AvgIpc) is 3.39. The summed E-state index contributed by atoms with van der Waals surface area (Å²) in [5.41, 5.74) is 0. The van der Waals surface area contributed by atoms with Crippen molar-refractivity contribution in [1.29, 1.82) is 0 Å². The molecule has 1 heterocycles. The summed E-state index contributed by atoms with van der Waals surface area (Å²) in [6, 6.07) is 1.61. The maximum Gasteiger partial charge on any atom is 0.0198 e. The third kappa shape index (κ3) is 4.95. The van der Waals surface area contributed by atoms with Crippen LogP contribution in [0.4, 0.5) is 0 Å². The number of hydrogen-bond donors (Lipinski definition) is 1. The molecule has 134 valence electrons. The Morgan fingerprint density at radius 1 is 0.957 bits per heavy atom. The molecule has 2 aliphatic carbocycles. The van der Waals surface area contributed by atoms with Crippen LogP contribution in [0.3, 0.4) is 0 Å². The first-order chi connectivity index (χ1) is 11.2. The Bertz CT molecular complexity index is 344. The van der Waals surface area contributed by atoms with Crippen molar-refractivity contribution in [1.82, 2.24) is 10.2 Å². The summed E-state index contributed by atoms with van der Waals surface area (Å²) in [6.07, 6.45) is 13.1. The maximum absolute atomic E-state index is 4.00. The average molecular weight is 321 g/mol. The van der Waals surface area contributed by atoms with E-state index in [4.69, 9.17) is 0 Å². The highest BCUT2D eigenvalue weighted by Crippen LogP contribution is 2.39. The van der Waals surface area contributed by atoms with Gasteiger partial charge in [-0.25, -0.2) is 0 Å².